The Bertz CT molecular complexity index is 827. The molecule has 0 saturated carbocycles. The zero-order valence-corrected chi connectivity index (χ0v) is 14.1. The Hall–Kier alpha value is -1.65. The normalized spacial score (nSPS) is 24.2. The average molecular weight is 327 g/mol. The Morgan fingerprint density at radius 1 is 1.00 bits per heavy atom. The smallest absolute Gasteiger partial charge is 0.207 e. The van der Waals surface area contributed by atoms with Crippen molar-refractivity contribution in [2.45, 2.75) is 43.0 Å². The molecule has 1 aliphatic heterocycles. The van der Waals surface area contributed by atoms with E-state index in [9.17, 15) is 8.42 Å². The van der Waals surface area contributed by atoms with Crippen LogP contribution in [0.4, 0.5) is 0 Å². The molecule has 0 amide bonds. The van der Waals surface area contributed by atoms with Crippen molar-refractivity contribution in [3.63, 3.8) is 0 Å². The van der Waals surface area contributed by atoms with Gasteiger partial charge in [0.25, 0.3) is 0 Å². The van der Waals surface area contributed by atoms with E-state index in [0.717, 1.165) is 24.8 Å². The van der Waals surface area contributed by atoms with E-state index in [1.165, 1.54) is 11.1 Å². The number of fused-ring (bicyclic) bond motifs is 3. The summed E-state index contributed by atoms with van der Waals surface area (Å²) in [6.07, 6.45) is 2.82. The van der Waals surface area contributed by atoms with Gasteiger partial charge in [-0.3, -0.25) is 0 Å². The molecule has 4 heteroatoms. The lowest BCUT2D eigenvalue weighted by atomic mass is 9.80. The molecule has 0 N–H and O–H groups in total. The van der Waals surface area contributed by atoms with Crippen molar-refractivity contribution in [2.75, 3.05) is 6.54 Å². The Kier molecular flexibility index (Phi) is 3.54. The molecule has 2 aliphatic rings. The number of hydrogen-bond acceptors (Lipinski definition) is 2. The summed E-state index contributed by atoms with van der Waals surface area (Å²) in [5, 5.41) is 0. The number of sulfonamides is 1. The van der Waals surface area contributed by atoms with E-state index in [-0.39, 0.29) is 6.04 Å². The molecule has 23 heavy (non-hydrogen) atoms. The minimum absolute atomic E-state index is 0.108. The third kappa shape index (κ3) is 2.41. The minimum Gasteiger partial charge on any atom is -0.207 e. The van der Waals surface area contributed by atoms with Crippen LogP contribution >= 0.6 is 0 Å². The molecule has 2 aromatic carbocycles. The molecule has 2 aromatic rings. The topological polar surface area (TPSA) is 37.4 Å². The van der Waals surface area contributed by atoms with Crippen LogP contribution < -0.4 is 0 Å². The van der Waals surface area contributed by atoms with Crippen molar-refractivity contribution >= 4 is 10.0 Å². The largest absolute Gasteiger partial charge is 0.243 e. The quantitative estimate of drug-likeness (QED) is 0.847. The molecule has 0 unspecified atom stereocenters. The zero-order chi connectivity index (χ0) is 16.0. The van der Waals surface area contributed by atoms with Crippen molar-refractivity contribution in [1.29, 1.82) is 0 Å². The second kappa shape index (κ2) is 5.46. The van der Waals surface area contributed by atoms with Crippen LogP contribution in [0.5, 0.6) is 0 Å². The van der Waals surface area contributed by atoms with Gasteiger partial charge < -0.3 is 0 Å². The number of nitrogens with zero attached hydrogens (tertiary/aromatic N) is 1. The van der Waals surface area contributed by atoms with Crippen molar-refractivity contribution in [3.05, 3.63) is 65.2 Å². The minimum atomic E-state index is -3.40. The summed E-state index contributed by atoms with van der Waals surface area (Å²) < 4.78 is 27.8. The summed E-state index contributed by atoms with van der Waals surface area (Å²) in [5.74, 6) is 0.347. The van der Waals surface area contributed by atoms with Crippen LogP contribution in [0.3, 0.4) is 0 Å². The van der Waals surface area contributed by atoms with Gasteiger partial charge in [0, 0.05) is 18.5 Å². The van der Waals surface area contributed by atoms with Crippen LogP contribution in [0, 0.1) is 6.92 Å². The molecule has 1 saturated heterocycles. The molecule has 1 fully saturated rings. The lowest BCUT2D eigenvalue weighted by Gasteiger charge is -2.32. The number of rotatable bonds is 2. The fourth-order valence-corrected chi connectivity index (χ4v) is 5.81. The molecular formula is C19H21NO2S. The van der Waals surface area contributed by atoms with Gasteiger partial charge >= 0.3 is 0 Å². The third-order valence-corrected chi connectivity index (χ3v) is 7.23. The number of aryl methyl sites for hydroxylation is 2. The average Bonchev–Trinajstić information content (AvgIpc) is 3.00. The molecule has 1 heterocycles. The molecule has 0 spiro atoms. The van der Waals surface area contributed by atoms with Crippen molar-refractivity contribution < 1.29 is 8.42 Å². The summed E-state index contributed by atoms with van der Waals surface area (Å²) in [6.45, 7) is 2.60. The highest BCUT2D eigenvalue weighted by molar-refractivity contribution is 7.89. The highest BCUT2D eigenvalue weighted by atomic mass is 32.2. The fraction of sp³-hybridized carbons (Fsp3) is 0.368. The number of hydrogen-bond donors (Lipinski definition) is 0. The predicted octanol–water partition coefficient (Wildman–Crippen LogP) is 3.49. The summed E-state index contributed by atoms with van der Waals surface area (Å²) in [7, 11) is -3.40. The first-order valence-electron chi connectivity index (χ1n) is 8.24. The van der Waals surface area contributed by atoms with Crippen LogP contribution in [-0.2, 0) is 16.4 Å². The first-order chi connectivity index (χ1) is 11.1. The highest BCUT2D eigenvalue weighted by Crippen LogP contribution is 2.43. The second-order valence-electron chi connectivity index (χ2n) is 6.63. The van der Waals surface area contributed by atoms with Gasteiger partial charge in [0.15, 0.2) is 0 Å². The van der Waals surface area contributed by atoms with Gasteiger partial charge in [-0.05, 0) is 49.4 Å². The zero-order valence-electron chi connectivity index (χ0n) is 13.3. The maximum Gasteiger partial charge on any atom is 0.243 e. The van der Waals surface area contributed by atoms with Crippen LogP contribution in [-0.4, -0.2) is 25.3 Å². The standard InChI is InChI=1S/C19H21NO2S/c1-14-6-9-16(10-7-14)23(21,22)20-13-12-18-17-5-3-2-4-15(17)8-11-19(18)20/h2-7,9-10,18-19H,8,11-13H2,1H3/t18-,19-/m0/s1. The summed E-state index contributed by atoms with van der Waals surface area (Å²) in [6, 6.07) is 15.8. The molecule has 3 nitrogen and oxygen atoms in total. The Labute approximate surface area is 138 Å². The molecular weight excluding hydrogens is 306 g/mol. The summed E-state index contributed by atoms with van der Waals surface area (Å²) in [5.41, 5.74) is 3.82. The molecule has 2 atom stereocenters. The van der Waals surface area contributed by atoms with E-state index in [0.29, 0.717) is 17.4 Å². The van der Waals surface area contributed by atoms with Crippen LogP contribution in [0.2, 0.25) is 0 Å². The summed E-state index contributed by atoms with van der Waals surface area (Å²) >= 11 is 0. The lowest BCUT2D eigenvalue weighted by molar-refractivity contribution is 0.342. The highest BCUT2D eigenvalue weighted by Gasteiger charge is 2.44. The Morgan fingerprint density at radius 3 is 2.52 bits per heavy atom. The monoisotopic (exact) mass is 327 g/mol. The molecule has 120 valence electrons. The lowest BCUT2D eigenvalue weighted by Crippen LogP contribution is -2.39. The van der Waals surface area contributed by atoms with Gasteiger partial charge in [0.1, 0.15) is 0 Å². The van der Waals surface area contributed by atoms with E-state index < -0.39 is 10.0 Å². The van der Waals surface area contributed by atoms with E-state index in [4.69, 9.17) is 0 Å². The van der Waals surface area contributed by atoms with E-state index in [1.54, 1.807) is 16.4 Å². The molecule has 0 bridgehead atoms. The van der Waals surface area contributed by atoms with Crippen LogP contribution in [0.25, 0.3) is 0 Å². The van der Waals surface area contributed by atoms with Gasteiger partial charge in [0.05, 0.1) is 4.90 Å². The Balaban J connectivity index is 1.69. The van der Waals surface area contributed by atoms with Crippen LogP contribution in [0.15, 0.2) is 53.4 Å². The van der Waals surface area contributed by atoms with Crippen molar-refractivity contribution in [3.8, 4) is 0 Å². The first kappa shape index (κ1) is 14.9. The molecule has 4 rings (SSSR count). The van der Waals surface area contributed by atoms with Gasteiger partial charge in [-0.25, -0.2) is 8.42 Å². The maximum absolute atomic E-state index is 13.0. The number of benzene rings is 2. The van der Waals surface area contributed by atoms with Gasteiger partial charge in [-0.15, -0.1) is 0 Å². The van der Waals surface area contributed by atoms with E-state index in [2.05, 4.69) is 24.3 Å². The second-order valence-corrected chi connectivity index (χ2v) is 8.52. The molecule has 0 aromatic heterocycles. The molecule has 1 aliphatic carbocycles. The maximum atomic E-state index is 13.0. The third-order valence-electron chi connectivity index (χ3n) is 5.29. The van der Waals surface area contributed by atoms with E-state index in [1.807, 2.05) is 19.1 Å². The predicted molar refractivity (Wildman–Crippen MR) is 91.0 cm³/mol. The van der Waals surface area contributed by atoms with Crippen molar-refractivity contribution in [1.82, 2.24) is 4.31 Å². The summed E-state index contributed by atoms with van der Waals surface area (Å²) in [4.78, 5) is 0.419. The fourth-order valence-electron chi connectivity index (χ4n) is 4.10. The van der Waals surface area contributed by atoms with Gasteiger partial charge in [-0.1, -0.05) is 42.0 Å². The van der Waals surface area contributed by atoms with E-state index >= 15 is 0 Å². The van der Waals surface area contributed by atoms with Crippen molar-refractivity contribution in [2.24, 2.45) is 0 Å². The first-order valence-corrected chi connectivity index (χ1v) is 9.68. The van der Waals surface area contributed by atoms with Crippen LogP contribution in [0.1, 0.15) is 35.4 Å². The Morgan fingerprint density at radius 2 is 1.74 bits per heavy atom. The van der Waals surface area contributed by atoms with Gasteiger partial charge in [-0.2, -0.15) is 4.31 Å². The SMILES string of the molecule is Cc1ccc(S(=O)(=O)N2CC[C@H]3c4ccccc4CC[C@@H]32)cc1. The molecule has 0 radical (unpaired) electrons. The van der Waals surface area contributed by atoms with Gasteiger partial charge in [0.2, 0.25) is 10.0 Å².